The molecular weight excluding hydrogens is 230 g/mol. The van der Waals surface area contributed by atoms with Crippen LogP contribution in [0.25, 0.3) is 10.9 Å². The molecule has 0 aliphatic carbocycles. The molecule has 0 saturated carbocycles. The van der Waals surface area contributed by atoms with Crippen LogP contribution in [0.15, 0.2) is 24.3 Å². The predicted octanol–water partition coefficient (Wildman–Crippen LogP) is 0.592. The Morgan fingerprint density at radius 2 is 2.22 bits per heavy atom. The van der Waals surface area contributed by atoms with Gasteiger partial charge in [-0.25, -0.2) is 0 Å². The topological polar surface area (TPSA) is 112 Å². The lowest BCUT2D eigenvalue weighted by Gasteiger charge is -2.12. The third-order valence-electron chi connectivity index (χ3n) is 2.87. The number of fused-ring (bicyclic) bond motifs is 1. The molecule has 1 amide bonds. The van der Waals surface area contributed by atoms with Gasteiger partial charge < -0.3 is 16.5 Å². The zero-order valence-electron chi connectivity index (χ0n) is 10.0. The molecule has 1 heterocycles. The Morgan fingerprint density at radius 1 is 1.50 bits per heavy atom. The molecule has 0 aliphatic heterocycles. The number of nitrogens with two attached hydrogens (primary N) is 2. The minimum absolute atomic E-state index is 0.294. The van der Waals surface area contributed by atoms with Crippen molar-refractivity contribution in [1.29, 1.82) is 5.41 Å². The molecule has 1 aromatic heterocycles. The monoisotopic (exact) mass is 245 g/mol. The molecule has 94 valence electrons. The maximum atomic E-state index is 12.0. The van der Waals surface area contributed by atoms with Crippen LogP contribution in [0.4, 0.5) is 0 Å². The van der Waals surface area contributed by atoms with E-state index in [1.54, 1.807) is 6.07 Å². The van der Waals surface area contributed by atoms with E-state index in [4.69, 9.17) is 16.9 Å². The lowest BCUT2D eigenvalue weighted by molar-refractivity contribution is 0.0864. The van der Waals surface area contributed by atoms with Gasteiger partial charge in [-0.3, -0.25) is 15.1 Å². The number of H-pyrrole nitrogens is 1. The van der Waals surface area contributed by atoms with E-state index in [1.807, 2.05) is 18.2 Å². The van der Waals surface area contributed by atoms with E-state index in [2.05, 4.69) is 4.98 Å². The summed E-state index contributed by atoms with van der Waals surface area (Å²) in [4.78, 5) is 16.1. The van der Waals surface area contributed by atoms with Crippen molar-refractivity contribution in [3.8, 4) is 0 Å². The minimum atomic E-state index is -0.346. The molecule has 6 nitrogen and oxygen atoms in total. The Balaban J connectivity index is 2.48. The molecule has 6 N–H and O–H groups in total. The summed E-state index contributed by atoms with van der Waals surface area (Å²) in [6, 6.07) is 7.40. The zero-order valence-corrected chi connectivity index (χ0v) is 10.0. The number of guanidine groups is 1. The van der Waals surface area contributed by atoms with Crippen LogP contribution in [0.1, 0.15) is 16.1 Å². The van der Waals surface area contributed by atoms with E-state index in [0.717, 1.165) is 21.4 Å². The van der Waals surface area contributed by atoms with Crippen molar-refractivity contribution in [3.63, 3.8) is 0 Å². The van der Waals surface area contributed by atoms with Crippen molar-refractivity contribution >= 4 is 22.8 Å². The highest BCUT2D eigenvalue weighted by molar-refractivity contribution is 6.05. The molecule has 0 fully saturated rings. The van der Waals surface area contributed by atoms with Crippen molar-refractivity contribution < 1.29 is 4.79 Å². The Hall–Kier alpha value is -2.34. The number of hydrogen-bond donors (Lipinski definition) is 4. The molecule has 6 heteroatoms. The van der Waals surface area contributed by atoms with Gasteiger partial charge in [-0.1, -0.05) is 12.1 Å². The predicted molar refractivity (Wildman–Crippen MR) is 70.2 cm³/mol. The van der Waals surface area contributed by atoms with Crippen LogP contribution in [0.3, 0.4) is 0 Å². The number of aromatic nitrogens is 1. The molecule has 0 bridgehead atoms. The molecule has 18 heavy (non-hydrogen) atoms. The van der Waals surface area contributed by atoms with E-state index >= 15 is 0 Å². The lowest BCUT2D eigenvalue weighted by Crippen LogP contribution is -2.38. The number of aromatic amines is 1. The van der Waals surface area contributed by atoms with Gasteiger partial charge in [0, 0.05) is 24.5 Å². The fourth-order valence-corrected chi connectivity index (χ4v) is 1.80. The van der Waals surface area contributed by atoms with Gasteiger partial charge in [0.25, 0.3) is 5.91 Å². The number of nitrogens with zero attached hydrogens (tertiary/aromatic N) is 1. The number of hydrogen-bond acceptors (Lipinski definition) is 3. The maximum Gasteiger partial charge on any atom is 0.276 e. The van der Waals surface area contributed by atoms with Crippen molar-refractivity contribution in [2.24, 2.45) is 11.5 Å². The van der Waals surface area contributed by atoms with E-state index < -0.39 is 0 Å². The smallest absolute Gasteiger partial charge is 0.276 e. The van der Waals surface area contributed by atoms with Gasteiger partial charge in [-0.15, -0.1) is 0 Å². The highest BCUT2D eigenvalue weighted by Gasteiger charge is 2.16. The Kier molecular flexibility index (Phi) is 3.03. The largest absolute Gasteiger partial charge is 0.370 e. The fraction of sp³-hybridized carbons (Fsp3) is 0.167. The van der Waals surface area contributed by atoms with Gasteiger partial charge in [0.1, 0.15) is 5.69 Å². The fourth-order valence-electron chi connectivity index (χ4n) is 1.80. The second kappa shape index (κ2) is 4.50. The number of amides is 1. The Bertz CT molecular complexity index is 616. The van der Waals surface area contributed by atoms with Gasteiger partial charge >= 0.3 is 0 Å². The normalized spacial score (nSPS) is 10.6. The van der Waals surface area contributed by atoms with E-state index in [-0.39, 0.29) is 11.9 Å². The molecule has 2 aromatic rings. The van der Waals surface area contributed by atoms with Crippen molar-refractivity contribution in [3.05, 3.63) is 35.5 Å². The summed E-state index contributed by atoms with van der Waals surface area (Å²) in [5.74, 6) is -0.639. The van der Waals surface area contributed by atoms with Crippen LogP contribution in [-0.2, 0) is 6.54 Å². The summed E-state index contributed by atoms with van der Waals surface area (Å²) >= 11 is 0. The van der Waals surface area contributed by atoms with Crippen LogP contribution in [0.2, 0.25) is 0 Å². The highest BCUT2D eigenvalue weighted by atomic mass is 16.2. The number of benzene rings is 1. The van der Waals surface area contributed by atoms with Crippen LogP contribution < -0.4 is 11.5 Å². The number of carbonyl (C=O) groups is 1. The van der Waals surface area contributed by atoms with Crippen LogP contribution in [0, 0.1) is 5.41 Å². The van der Waals surface area contributed by atoms with Gasteiger partial charge in [-0.05, 0) is 17.7 Å². The Morgan fingerprint density at radius 3 is 2.83 bits per heavy atom. The third-order valence-corrected chi connectivity index (χ3v) is 2.87. The first kappa shape index (κ1) is 12.1. The second-order valence-electron chi connectivity index (χ2n) is 4.01. The summed E-state index contributed by atoms with van der Waals surface area (Å²) in [5.41, 5.74) is 13.1. The number of nitrogens with one attached hydrogen (secondary N) is 2. The first-order chi connectivity index (χ1) is 8.54. The maximum absolute atomic E-state index is 12.0. The van der Waals surface area contributed by atoms with Crippen molar-refractivity contribution in [2.75, 3.05) is 7.05 Å². The van der Waals surface area contributed by atoms with Gasteiger partial charge in [0.15, 0.2) is 5.96 Å². The standard InChI is InChI=1S/C12H15N5O/c1-17(12(14)15)11(18)10-5-8-7(6-13)3-2-4-9(8)16-10/h2-5,16H,6,13H2,1H3,(H3,14,15). The molecule has 0 unspecified atom stereocenters. The molecule has 0 saturated heterocycles. The SMILES string of the molecule is CN(C(=N)N)C(=O)c1cc2c(CN)cccc2[nH]1. The number of rotatable bonds is 2. The molecule has 0 spiro atoms. The summed E-state index contributed by atoms with van der Waals surface area (Å²) in [6.45, 7) is 0.408. The van der Waals surface area contributed by atoms with Crippen molar-refractivity contribution in [2.45, 2.75) is 6.54 Å². The zero-order chi connectivity index (χ0) is 13.3. The summed E-state index contributed by atoms with van der Waals surface area (Å²) in [5, 5.41) is 8.16. The quantitative estimate of drug-likeness (QED) is 0.459. The number of carbonyl (C=O) groups excluding carboxylic acids is 1. The average Bonchev–Trinajstić information content (AvgIpc) is 2.80. The van der Waals surface area contributed by atoms with Gasteiger partial charge in [-0.2, -0.15) is 0 Å². The van der Waals surface area contributed by atoms with Crippen LogP contribution in [0.5, 0.6) is 0 Å². The van der Waals surface area contributed by atoms with E-state index in [0.29, 0.717) is 12.2 Å². The summed E-state index contributed by atoms with van der Waals surface area (Å²) in [7, 11) is 1.46. The molecule has 1 aromatic carbocycles. The minimum Gasteiger partial charge on any atom is -0.370 e. The van der Waals surface area contributed by atoms with E-state index in [9.17, 15) is 4.79 Å². The first-order valence-electron chi connectivity index (χ1n) is 5.47. The molecule has 0 atom stereocenters. The highest BCUT2D eigenvalue weighted by Crippen LogP contribution is 2.20. The third kappa shape index (κ3) is 1.93. The summed E-state index contributed by atoms with van der Waals surface area (Å²) in [6.07, 6.45) is 0. The van der Waals surface area contributed by atoms with Crippen LogP contribution >= 0.6 is 0 Å². The van der Waals surface area contributed by atoms with Crippen molar-refractivity contribution in [1.82, 2.24) is 9.88 Å². The molecule has 0 aliphatic rings. The molecule has 2 rings (SSSR count). The van der Waals surface area contributed by atoms with Crippen LogP contribution in [-0.4, -0.2) is 28.8 Å². The van der Waals surface area contributed by atoms with E-state index in [1.165, 1.54) is 7.05 Å². The van der Waals surface area contributed by atoms with Gasteiger partial charge in [0.2, 0.25) is 0 Å². The second-order valence-corrected chi connectivity index (χ2v) is 4.01. The van der Waals surface area contributed by atoms with Gasteiger partial charge in [0.05, 0.1) is 0 Å². The lowest BCUT2D eigenvalue weighted by atomic mass is 10.1. The average molecular weight is 245 g/mol. The molecular formula is C12H15N5O. The first-order valence-corrected chi connectivity index (χ1v) is 5.47. The Labute approximate surface area is 104 Å². The summed E-state index contributed by atoms with van der Waals surface area (Å²) < 4.78 is 0. The molecule has 0 radical (unpaired) electrons.